The molecular formula is C44H68Fe2I2N2O4Pd2Si2-8. The zero-order chi connectivity index (χ0) is 38.4. The van der Waals surface area contributed by atoms with Gasteiger partial charge in [0, 0.05) is 97.3 Å². The van der Waals surface area contributed by atoms with E-state index in [0.29, 0.717) is 13.2 Å². The first kappa shape index (κ1) is 65.1. The van der Waals surface area contributed by atoms with E-state index in [2.05, 4.69) is 103 Å². The fourth-order valence-electron chi connectivity index (χ4n) is 7.04. The topological polar surface area (TPSA) is 61.6 Å². The second-order valence-corrected chi connectivity index (χ2v) is 25.7. The first-order chi connectivity index (χ1) is 24.8. The van der Waals surface area contributed by atoms with Gasteiger partial charge in [0.15, 0.2) is 0 Å². The van der Waals surface area contributed by atoms with Crippen molar-refractivity contribution in [3.8, 4) is 0 Å². The van der Waals surface area contributed by atoms with Crippen molar-refractivity contribution in [1.82, 2.24) is 0 Å². The summed E-state index contributed by atoms with van der Waals surface area (Å²) in [7, 11) is 0.820. The van der Waals surface area contributed by atoms with Crippen molar-refractivity contribution in [3.63, 3.8) is 0 Å². The average molecular weight is 1320 g/mol. The third kappa shape index (κ3) is 17.9. The molecule has 0 saturated carbocycles. The van der Waals surface area contributed by atoms with E-state index >= 15 is 0 Å². The molecule has 0 spiro atoms. The van der Waals surface area contributed by atoms with E-state index in [0.717, 1.165) is 37.5 Å². The molecule has 2 unspecified atom stereocenters. The molecule has 4 aromatic rings. The maximum absolute atomic E-state index is 5.95. The van der Waals surface area contributed by atoms with Gasteiger partial charge in [-0.3, -0.25) is 4.99 Å². The molecule has 2 aliphatic heterocycles. The van der Waals surface area contributed by atoms with Gasteiger partial charge >= 0.3 is 0 Å². The van der Waals surface area contributed by atoms with Crippen LogP contribution in [-0.2, 0) is 93.9 Å². The summed E-state index contributed by atoms with van der Waals surface area (Å²) in [4.78, 5) is 9.76. The first-order valence-corrected chi connectivity index (χ1v) is 26.1. The van der Waals surface area contributed by atoms with Crippen LogP contribution in [-0.4, -0.2) is 78.7 Å². The molecule has 6 rings (SSSR count). The summed E-state index contributed by atoms with van der Waals surface area (Å²) in [5.74, 6) is 1.62. The Morgan fingerprint density at radius 1 is 0.707 bits per heavy atom. The monoisotopic (exact) mass is 1320 g/mol. The normalized spacial score (nSPS) is 15.5. The summed E-state index contributed by atoms with van der Waals surface area (Å²) >= 11 is 0. The van der Waals surface area contributed by atoms with Gasteiger partial charge in [-0.25, -0.2) is 30.2 Å². The second-order valence-electron chi connectivity index (χ2n) is 15.6. The van der Waals surface area contributed by atoms with Crippen LogP contribution in [0.1, 0.15) is 64.5 Å². The zero-order valence-corrected chi connectivity index (χ0v) is 48.3. The number of aliphatic imine (C=N–C) groups is 2. The standard InChI is InChI=1S/2C17H28NO2Si.2C5H5.2Fe.2HI.2Pd/c2*1-7-17(8-2,19-3)15-12-20-16(18-15)13-10-9-11-14(13)21(4,5)6;2*1-2-4-5-3-1;;;;;;/h2*9-11,15H,7-8,12H2,1-6H3;2*1-5H;;;2*1H;;/q-5;3*-1;;;;;;. The van der Waals surface area contributed by atoms with Gasteiger partial charge in [0.05, 0.1) is 23.9 Å². The molecule has 2 heterocycles. The van der Waals surface area contributed by atoms with E-state index in [-0.39, 0.29) is 146 Å². The fourth-order valence-corrected chi connectivity index (χ4v) is 10.2. The molecular weight excluding hydrogens is 1260 g/mol. The maximum atomic E-state index is 5.95. The Bertz CT molecular complexity index is 1460. The van der Waals surface area contributed by atoms with Crippen LogP contribution < -0.4 is 10.4 Å². The minimum absolute atomic E-state index is 0. The molecule has 2 aliphatic rings. The van der Waals surface area contributed by atoms with Crippen LogP contribution in [0.25, 0.3) is 0 Å². The molecule has 0 radical (unpaired) electrons. The van der Waals surface area contributed by atoms with E-state index in [4.69, 9.17) is 28.9 Å². The van der Waals surface area contributed by atoms with Crippen molar-refractivity contribution in [2.75, 3.05) is 27.4 Å². The molecule has 2 atom stereocenters. The SMILES string of the molecule is CCC(CC)(OC)C1COC([c-]2[cH-][cH-][cH-][c-]2[Si](C)(C)C)=N1.CCC(CC)(OC)C1COC(c2[cH-]ccc2[Si](C)(C)C)=N1.I.I.[Fe].[Fe].[Pd].[Pd].c1cc[cH-]c1.c1cc[cH-]c1. The quantitative estimate of drug-likeness (QED) is 0.0806. The van der Waals surface area contributed by atoms with Crippen molar-refractivity contribution in [2.24, 2.45) is 9.98 Å². The summed E-state index contributed by atoms with van der Waals surface area (Å²) in [6, 6.07) is 33.2. The molecule has 0 saturated heterocycles. The summed E-state index contributed by atoms with van der Waals surface area (Å²) in [5.41, 5.74) is 1.98. The number of nitrogens with zero attached hydrogens (tertiary/aromatic N) is 2. The third-order valence-electron chi connectivity index (χ3n) is 10.5. The summed E-state index contributed by atoms with van der Waals surface area (Å²) in [6.45, 7) is 24.1. The van der Waals surface area contributed by atoms with Crippen LogP contribution in [0.15, 0.2) is 107 Å². The van der Waals surface area contributed by atoms with E-state index in [1.165, 1.54) is 21.5 Å². The predicted molar refractivity (Wildman–Crippen MR) is 258 cm³/mol. The van der Waals surface area contributed by atoms with Gasteiger partial charge in [0.25, 0.3) is 0 Å². The van der Waals surface area contributed by atoms with E-state index in [1.54, 1.807) is 14.2 Å². The van der Waals surface area contributed by atoms with Crippen LogP contribution >= 0.6 is 48.0 Å². The van der Waals surface area contributed by atoms with E-state index < -0.39 is 16.1 Å². The number of rotatable bonds is 12. The second kappa shape index (κ2) is 31.4. The van der Waals surface area contributed by atoms with Gasteiger partial charge in [-0.15, -0.1) is 62.1 Å². The molecule has 58 heavy (non-hydrogen) atoms. The third-order valence-corrected chi connectivity index (χ3v) is 14.6. The minimum atomic E-state index is -1.38. The van der Waals surface area contributed by atoms with Crippen molar-refractivity contribution >= 4 is 86.3 Å². The number of hydrogen-bond donors (Lipinski definition) is 0. The molecule has 0 fully saturated rings. The van der Waals surface area contributed by atoms with Crippen molar-refractivity contribution < 1.29 is 93.9 Å². The Balaban J connectivity index is -0.000000372. The van der Waals surface area contributed by atoms with Gasteiger partial charge in [0.1, 0.15) is 18.5 Å². The van der Waals surface area contributed by atoms with E-state index in [1.807, 2.05) is 60.7 Å². The van der Waals surface area contributed by atoms with Crippen LogP contribution in [0.5, 0.6) is 0 Å². The smallest absolute Gasteiger partial charge is 0.129 e. The van der Waals surface area contributed by atoms with Gasteiger partial charge < -0.3 is 52.9 Å². The Kier molecular flexibility index (Phi) is 35.2. The first-order valence-electron chi connectivity index (χ1n) is 19.1. The molecule has 4 aromatic carbocycles. The molecule has 0 amide bonds. The number of methoxy groups -OCH3 is 2. The molecule has 344 valence electrons. The number of hydrogen-bond acceptors (Lipinski definition) is 6. The fraction of sp³-hybridized carbons (Fsp3) is 0.500. The van der Waals surface area contributed by atoms with Gasteiger partial charge in [0.2, 0.25) is 0 Å². The van der Waals surface area contributed by atoms with Crippen LogP contribution in [0.3, 0.4) is 0 Å². The molecule has 0 aromatic heterocycles. The van der Waals surface area contributed by atoms with Gasteiger partial charge in [-0.2, -0.15) is 53.7 Å². The summed E-state index contributed by atoms with van der Waals surface area (Å²) < 4.78 is 23.5. The Hall–Kier alpha value is 0.517. The Morgan fingerprint density at radius 3 is 1.53 bits per heavy atom. The van der Waals surface area contributed by atoms with Crippen molar-refractivity contribution in [1.29, 1.82) is 0 Å². The van der Waals surface area contributed by atoms with E-state index in [9.17, 15) is 0 Å². The maximum Gasteiger partial charge on any atom is 0.129 e. The number of ether oxygens (including phenoxy) is 4. The molecule has 0 bridgehead atoms. The van der Waals surface area contributed by atoms with Gasteiger partial charge in [-0.1, -0.05) is 72.5 Å². The van der Waals surface area contributed by atoms with Gasteiger partial charge in [-0.05, 0) is 25.7 Å². The molecule has 0 N–H and O–H groups in total. The molecule has 6 nitrogen and oxygen atoms in total. The Labute approximate surface area is 436 Å². The largest absolute Gasteiger partial charge is 0.700 e. The average Bonchev–Trinajstić information content (AvgIpc) is 3.99. The zero-order valence-electron chi connectivity index (χ0n) is 36.3. The summed E-state index contributed by atoms with van der Waals surface area (Å²) in [6.07, 6.45) is 3.80. The summed E-state index contributed by atoms with van der Waals surface area (Å²) in [5, 5.41) is 2.86. The van der Waals surface area contributed by atoms with Crippen molar-refractivity contribution in [3.05, 3.63) is 108 Å². The number of halogens is 2. The molecule has 0 aliphatic carbocycles. The molecule has 14 heteroatoms. The Morgan fingerprint density at radius 2 is 1.16 bits per heavy atom. The van der Waals surface area contributed by atoms with Crippen LogP contribution in [0.4, 0.5) is 0 Å². The predicted octanol–water partition coefficient (Wildman–Crippen LogP) is 10.6. The van der Waals surface area contributed by atoms with Crippen LogP contribution in [0.2, 0.25) is 39.3 Å². The van der Waals surface area contributed by atoms with Crippen molar-refractivity contribution in [2.45, 2.75) is 116 Å². The minimum Gasteiger partial charge on any atom is -0.700 e. The van der Waals surface area contributed by atoms with Crippen LogP contribution in [0, 0.1) is 0 Å².